The van der Waals surface area contributed by atoms with Gasteiger partial charge in [0.15, 0.2) is 0 Å². The van der Waals surface area contributed by atoms with Gasteiger partial charge in [0, 0.05) is 39.0 Å². The first-order chi connectivity index (χ1) is 19.4. The van der Waals surface area contributed by atoms with Gasteiger partial charge in [-0.25, -0.2) is 0 Å². The van der Waals surface area contributed by atoms with Crippen LogP contribution in [0, 0.1) is 0 Å². The molecule has 39 heavy (non-hydrogen) atoms. The maximum atomic E-state index is 2.47. The molecule has 2 nitrogen and oxygen atoms in total. The predicted octanol–water partition coefficient (Wildman–Crippen LogP) is 7.08. The molecule has 0 atom stereocenters. The number of fused-ring (bicyclic) bond motifs is 5. The van der Waals surface area contributed by atoms with Crippen LogP contribution in [-0.4, -0.2) is 11.3 Å². The normalized spacial score (nSPS) is 12.1. The van der Waals surface area contributed by atoms with Crippen LogP contribution in [0.4, 0.5) is 17.1 Å². The molecule has 0 radical (unpaired) electrons. The molecule has 0 amide bonds. The lowest BCUT2D eigenvalue weighted by Gasteiger charge is -2.32. The van der Waals surface area contributed by atoms with E-state index >= 15 is 0 Å². The van der Waals surface area contributed by atoms with Crippen LogP contribution in [0.25, 0.3) is 27.5 Å². The van der Waals surface area contributed by atoms with Crippen molar-refractivity contribution in [3.8, 4) is 5.69 Å². The summed E-state index contributed by atoms with van der Waals surface area (Å²) in [6.07, 6.45) is 0. The van der Waals surface area contributed by atoms with Crippen molar-refractivity contribution < 1.29 is 0 Å². The lowest BCUT2D eigenvalue weighted by atomic mass is 9.35. The molecule has 0 bridgehead atoms. The maximum Gasteiger partial charge on any atom is 0.249 e. The predicted molar refractivity (Wildman–Crippen MR) is 167 cm³/mol. The molecule has 0 N–H and O–H groups in total. The second-order valence-electron chi connectivity index (χ2n) is 10.2. The van der Waals surface area contributed by atoms with Gasteiger partial charge in [0.05, 0.1) is 5.52 Å². The van der Waals surface area contributed by atoms with Gasteiger partial charge in [0.25, 0.3) is 0 Å². The minimum atomic E-state index is 0.0906. The molecule has 8 rings (SSSR count). The van der Waals surface area contributed by atoms with Crippen LogP contribution in [0.2, 0.25) is 0 Å². The van der Waals surface area contributed by atoms with Gasteiger partial charge in [-0.3, -0.25) is 0 Å². The average molecular weight is 496 g/mol. The monoisotopic (exact) mass is 496 g/mol. The second kappa shape index (κ2) is 8.78. The highest BCUT2D eigenvalue weighted by molar-refractivity contribution is 6.98. The average Bonchev–Trinajstić information content (AvgIpc) is 3.35. The van der Waals surface area contributed by atoms with Crippen LogP contribution >= 0.6 is 0 Å². The van der Waals surface area contributed by atoms with Crippen molar-refractivity contribution in [2.75, 3.05) is 4.90 Å². The Hall–Kier alpha value is -5.02. The SMILES string of the molecule is c1ccc(N(c2ccccc2)c2ccccc2B2c3ccccc3-n3c4ccccc4c4cccc2c43)cc1. The van der Waals surface area contributed by atoms with Gasteiger partial charge in [0.2, 0.25) is 6.71 Å². The summed E-state index contributed by atoms with van der Waals surface area (Å²) in [7, 11) is 0. The third-order valence-corrected chi connectivity index (χ3v) is 8.04. The number of rotatable bonds is 4. The van der Waals surface area contributed by atoms with Crippen molar-refractivity contribution in [1.82, 2.24) is 4.57 Å². The number of hydrogen-bond donors (Lipinski definition) is 0. The number of hydrogen-bond acceptors (Lipinski definition) is 1. The van der Waals surface area contributed by atoms with Crippen molar-refractivity contribution in [1.29, 1.82) is 0 Å². The molecule has 7 aromatic rings. The number of anilines is 3. The van der Waals surface area contributed by atoms with E-state index in [0.29, 0.717) is 0 Å². The molecule has 1 aliphatic rings. The van der Waals surface area contributed by atoms with Gasteiger partial charge in [0.1, 0.15) is 0 Å². The standard InChI is InChI=1S/C36H25BN2/c1-3-14-26(15-4-1)38(27-16-5-2-6-17-27)34-24-11-8-20-30(34)37-31-21-9-12-25-35(31)39-33-23-10-7-18-28(33)29-19-13-22-32(37)36(29)39/h1-25H. The molecule has 0 aliphatic carbocycles. The molecule has 0 fully saturated rings. The van der Waals surface area contributed by atoms with E-state index in [4.69, 9.17) is 0 Å². The molecule has 182 valence electrons. The van der Waals surface area contributed by atoms with Crippen LogP contribution in [-0.2, 0) is 0 Å². The van der Waals surface area contributed by atoms with E-state index < -0.39 is 0 Å². The molecule has 0 saturated carbocycles. The molecular weight excluding hydrogens is 471 g/mol. The van der Waals surface area contributed by atoms with Crippen molar-refractivity contribution in [3.05, 3.63) is 152 Å². The Morgan fingerprint density at radius 3 is 1.77 bits per heavy atom. The molecule has 6 aromatic carbocycles. The molecular formula is C36H25BN2. The Morgan fingerprint density at radius 2 is 1.00 bits per heavy atom. The van der Waals surface area contributed by atoms with Gasteiger partial charge in [-0.2, -0.15) is 0 Å². The first kappa shape index (κ1) is 22.0. The van der Waals surface area contributed by atoms with E-state index in [9.17, 15) is 0 Å². The second-order valence-corrected chi connectivity index (χ2v) is 10.2. The van der Waals surface area contributed by atoms with Crippen LogP contribution in [0.15, 0.2) is 152 Å². The summed E-state index contributed by atoms with van der Waals surface area (Å²) in [4.78, 5) is 2.39. The van der Waals surface area contributed by atoms with Gasteiger partial charge in [-0.05, 0) is 58.9 Å². The van der Waals surface area contributed by atoms with Crippen LogP contribution in [0.5, 0.6) is 0 Å². The van der Waals surface area contributed by atoms with Gasteiger partial charge >= 0.3 is 0 Å². The maximum absolute atomic E-state index is 2.47. The Kier molecular flexibility index (Phi) is 4.96. The fraction of sp³-hybridized carbons (Fsp3) is 0. The Labute approximate surface area is 228 Å². The van der Waals surface area contributed by atoms with Gasteiger partial charge < -0.3 is 9.47 Å². The molecule has 1 aliphatic heterocycles. The lowest BCUT2D eigenvalue weighted by molar-refractivity contribution is 1.19. The molecule has 0 spiro atoms. The Balaban J connectivity index is 1.45. The van der Waals surface area contributed by atoms with Crippen LogP contribution < -0.4 is 21.3 Å². The summed E-state index contributed by atoms with van der Waals surface area (Å²) >= 11 is 0. The molecule has 0 unspecified atom stereocenters. The fourth-order valence-corrected chi connectivity index (χ4v) is 6.48. The first-order valence-corrected chi connectivity index (χ1v) is 13.5. The van der Waals surface area contributed by atoms with Crippen molar-refractivity contribution in [2.45, 2.75) is 0 Å². The summed E-state index contributed by atoms with van der Waals surface area (Å²) in [5.74, 6) is 0. The van der Waals surface area contributed by atoms with Gasteiger partial charge in [-0.1, -0.05) is 109 Å². The summed E-state index contributed by atoms with van der Waals surface area (Å²) in [6, 6.07) is 54.8. The molecule has 2 heterocycles. The number of aromatic nitrogens is 1. The topological polar surface area (TPSA) is 8.17 Å². The zero-order valence-electron chi connectivity index (χ0n) is 21.4. The number of para-hydroxylation sites is 6. The quantitative estimate of drug-likeness (QED) is 0.236. The van der Waals surface area contributed by atoms with E-state index in [1.54, 1.807) is 0 Å². The van der Waals surface area contributed by atoms with Crippen molar-refractivity contribution in [2.24, 2.45) is 0 Å². The smallest absolute Gasteiger partial charge is 0.249 e. The zero-order chi connectivity index (χ0) is 25.8. The lowest BCUT2D eigenvalue weighted by Crippen LogP contribution is -2.56. The largest absolute Gasteiger partial charge is 0.311 e. The third kappa shape index (κ3) is 3.30. The van der Waals surface area contributed by atoms with Crippen LogP contribution in [0.3, 0.4) is 0 Å². The van der Waals surface area contributed by atoms with Gasteiger partial charge in [-0.15, -0.1) is 0 Å². The van der Waals surface area contributed by atoms with E-state index in [2.05, 4.69) is 161 Å². The van der Waals surface area contributed by atoms with E-state index in [1.165, 1.54) is 49.6 Å². The van der Waals surface area contributed by atoms with E-state index in [1.807, 2.05) is 0 Å². The van der Waals surface area contributed by atoms with E-state index in [0.717, 1.165) is 11.4 Å². The minimum absolute atomic E-state index is 0.0906. The third-order valence-electron chi connectivity index (χ3n) is 8.04. The van der Waals surface area contributed by atoms with Crippen LogP contribution in [0.1, 0.15) is 0 Å². The highest BCUT2D eigenvalue weighted by Crippen LogP contribution is 2.36. The van der Waals surface area contributed by atoms with E-state index in [-0.39, 0.29) is 6.71 Å². The van der Waals surface area contributed by atoms with Crippen molar-refractivity contribution >= 4 is 62.0 Å². The number of nitrogens with zero attached hydrogens (tertiary/aromatic N) is 2. The first-order valence-electron chi connectivity index (χ1n) is 13.5. The highest BCUT2D eigenvalue weighted by Gasteiger charge is 2.35. The zero-order valence-corrected chi connectivity index (χ0v) is 21.4. The molecule has 3 heteroatoms. The minimum Gasteiger partial charge on any atom is -0.311 e. The highest BCUT2D eigenvalue weighted by atomic mass is 15.1. The fourth-order valence-electron chi connectivity index (χ4n) is 6.48. The molecule has 1 aromatic heterocycles. The Morgan fingerprint density at radius 1 is 0.436 bits per heavy atom. The summed E-state index contributed by atoms with van der Waals surface area (Å²) in [5, 5.41) is 2.61. The van der Waals surface area contributed by atoms with Crippen molar-refractivity contribution in [3.63, 3.8) is 0 Å². The summed E-state index contributed by atoms with van der Waals surface area (Å²) < 4.78 is 2.47. The Bertz CT molecular complexity index is 1940. The summed E-state index contributed by atoms with van der Waals surface area (Å²) in [6.45, 7) is 0.0906. The summed E-state index contributed by atoms with van der Waals surface area (Å²) in [5.41, 5.74) is 11.3. The number of benzene rings is 6. The molecule has 0 saturated heterocycles.